The van der Waals surface area contributed by atoms with E-state index >= 15 is 0 Å². The zero-order chi connectivity index (χ0) is 21.9. The van der Waals surface area contributed by atoms with E-state index in [9.17, 15) is 18.0 Å². The van der Waals surface area contributed by atoms with Crippen LogP contribution in [0, 0.1) is 5.92 Å². The molecule has 1 heterocycles. The zero-order valence-corrected chi connectivity index (χ0v) is 17.4. The molecule has 3 N–H and O–H groups in total. The van der Waals surface area contributed by atoms with Crippen molar-refractivity contribution in [3.8, 4) is 0 Å². The second-order valence-corrected chi connectivity index (χ2v) is 7.87. The Labute approximate surface area is 177 Å². The Hall–Kier alpha value is -2.67. The van der Waals surface area contributed by atoms with Gasteiger partial charge in [-0.3, -0.25) is 4.79 Å². The summed E-state index contributed by atoms with van der Waals surface area (Å²) in [6.45, 7) is 4.15. The van der Waals surface area contributed by atoms with E-state index < -0.39 is 17.8 Å². The molecule has 3 aromatic rings. The van der Waals surface area contributed by atoms with Crippen molar-refractivity contribution in [2.45, 2.75) is 32.5 Å². The Balaban J connectivity index is 1.64. The van der Waals surface area contributed by atoms with E-state index in [0.717, 1.165) is 28.6 Å². The number of halogens is 4. The molecule has 1 atom stereocenters. The number of carbonyl (C=O) groups is 1. The van der Waals surface area contributed by atoms with Crippen LogP contribution in [0.1, 0.15) is 25.0 Å². The number of carbonyl (C=O) groups excluding carboxylic acids is 1. The minimum atomic E-state index is -4.47. The highest BCUT2D eigenvalue weighted by Gasteiger charge is 2.31. The van der Waals surface area contributed by atoms with Gasteiger partial charge in [0.2, 0.25) is 5.91 Å². The average molecular weight is 438 g/mol. The van der Waals surface area contributed by atoms with Crippen molar-refractivity contribution in [3.05, 3.63) is 64.8 Å². The number of amides is 1. The molecule has 0 aliphatic heterocycles. The lowest BCUT2D eigenvalue weighted by Gasteiger charge is -2.23. The van der Waals surface area contributed by atoms with Crippen LogP contribution in [0.3, 0.4) is 0 Å². The molecule has 0 unspecified atom stereocenters. The van der Waals surface area contributed by atoms with Gasteiger partial charge >= 0.3 is 6.18 Å². The molecular weight excluding hydrogens is 415 g/mol. The number of alkyl halides is 3. The predicted molar refractivity (Wildman–Crippen MR) is 114 cm³/mol. The standard InChI is InChI=1S/C22H23ClF3N3O/c1-13(2)20(29-19-8-7-15(11-17(19)23)22(24,25)26)21(30)27-10-9-14-12-28-18-6-4-3-5-16(14)18/h3-8,11-13,20,28-29H,9-10H2,1-2H3,(H,27,30)/t20-/m0/s1. The van der Waals surface area contributed by atoms with Crippen LogP contribution in [-0.4, -0.2) is 23.5 Å². The van der Waals surface area contributed by atoms with E-state index in [1.165, 1.54) is 6.07 Å². The molecule has 0 radical (unpaired) electrons. The van der Waals surface area contributed by atoms with Crippen LogP contribution in [0.5, 0.6) is 0 Å². The SMILES string of the molecule is CC(C)[C@H](Nc1ccc(C(F)(F)F)cc1Cl)C(=O)NCCc1c[nH]c2ccccc12. The molecule has 3 rings (SSSR count). The van der Waals surface area contributed by atoms with Crippen molar-refractivity contribution in [2.24, 2.45) is 5.92 Å². The summed E-state index contributed by atoms with van der Waals surface area (Å²) < 4.78 is 38.5. The molecule has 4 nitrogen and oxygen atoms in total. The minimum Gasteiger partial charge on any atom is -0.372 e. The average Bonchev–Trinajstić information content (AvgIpc) is 3.09. The molecule has 0 saturated heterocycles. The Morgan fingerprint density at radius 1 is 1.17 bits per heavy atom. The smallest absolute Gasteiger partial charge is 0.372 e. The largest absolute Gasteiger partial charge is 0.416 e. The number of hydrogen-bond acceptors (Lipinski definition) is 2. The molecule has 30 heavy (non-hydrogen) atoms. The van der Waals surface area contributed by atoms with Crippen molar-refractivity contribution >= 4 is 34.1 Å². The number of nitrogens with one attached hydrogen (secondary N) is 3. The van der Waals surface area contributed by atoms with Crippen LogP contribution < -0.4 is 10.6 Å². The third-order valence-electron chi connectivity index (χ3n) is 4.93. The molecule has 1 amide bonds. The van der Waals surface area contributed by atoms with E-state index in [-0.39, 0.29) is 22.5 Å². The molecule has 2 aromatic carbocycles. The highest BCUT2D eigenvalue weighted by atomic mass is 35.5. The first-order chi connectivity index (χ1) is 14.2. The summed E-state index contributed by atoms with van der Waals surface area (Å²) in [4.78, 5) is 15.9. The van der Waals surface area contributed by atoms with Crippen molar-refractivity contribution in [1.29, 1.82) is 0 Å². The predicted octanol–water partition coefficient (Wildman–Crippen LogP) is 5.64. The second kappa shape index (κ2) is 9.00. The molecule has 0 spiro atoms. The van der Waals surface area contributed by atoms with Crippen LogP contribution in [0.25, 0.3) is 10.9 Å². The summed E-state index contributed by atoms with van der Waals surface area (Å²) in [5.41, 5.74) is 1.60. The second-order valence-electron chi connectivity index (χ2n) is 7.46. The summed E-state index contributed by atoms with van der Waals surface area (Å²) in [7, 11) is 0. The van der Waals surface area contributed by atoms with Crippen molar-refractivity contribution in [3.63, 3.8) is 0 Å². The van der Waals surface area contributed by atoms with Crippen LogP contribution in [-0.2, 0) is 17.4 Å². The fourth-order valence-electron chi connectivity index (χ4n) is 3.28. The van der Waals surface area contributed by atoms with E-state index in [4.69, 9.17) is 11.6 Å². The Morgan fingerprint density at radius 2 is 1.90 bits per heavy atom. The maximum absolute atomic E-state index is 12.8. The lowest BCUT2D eigenvalue weighted by Crippen LogP contribution is -2.43. The lowest BCUT2D eigenvalue weighted by atomic mass is 10.0. The molecule has 0 fully saturated rings. The summed E-state index contributed by atoms with van der Waals surface area (Å²) in [5.74, 6) is -0.336. The first-order valence-corrected chi connectivity index (χ1v) is 10.0. The van der Waals surface area contributed by atoms with Gasteiger partial charge in [-0.15, -0.1) is 0 Å². The van der Waals surface area contributed by atoms with Crippen molar-refractivity contribution < 1.29 is 18.0 Å². The first-order valence-electron chi connectivity index (χ1n) is 9.63. The Bertz CT molecular complexity index is 1030. The van der Waals surface area contributed by atoms with Crippen LogP contribution in [0.2, 0.25) is 5.02 Å². The monoisotopic (exact) mass is 437 g/mol. The quantitative estimate of drug-likeness (QED) is 0.448. The Morgan fingerprint density at radius 3 is 2.57 bits per heavy atom. The number of benzene rings is 2. The topological polar surface area (TPSA) is 56.9 Å². The van der Waals surface area contributed by atoms with Crippen LogP contribution in [0.4, 0.5) is 18.9 Å². The fourth-order valence-corrected chi connectivity index (χ4v) is 3.51. The third kappa shape index (κ3) is 5.08. The molecule has 0 aliphatic carbocycles. The van der Waals surface area contributed by atoms with Gasteiger partial charge in [-0.1, -0.05) is 43.6 Å². The number of aromatic nitrogens is 1. The normalized spacial score (nSPS) is 12.9. The number of hydrogen-bond donors (Lipinski definition) is 3. The van der Waals surface area contributed by atoms with Crippen molar-refractivity contribution in [1.82, 2.24) is 10.3 Å². The summed E-state index contributed by atoms with van der Waals surface area (Å²) in [6.07, 6.45) is -1.89. The maximum atomic E-state index is 12.8. The first kappa shape index (κ1) is 22.0. The van der Waals surface area contributed by atoms with Gasteiger partial charge in [-0.25, -0.2) is 0 Å². The van der Waals surface area contributed by atoms with E-state index in [1.54, 1.807) is 0 Å². The van der Waals surface area contributed by atoms with Gasteiger partial charge in [0, 0.05) is 23.6 Å². The van der Waals surface area contributed by atoms with Gasteiger partial charge in [0.15, 0.2) is 0 Å². The van der Waals surface area contributed by atoms with Crippen molar-refractivity contribution in [2.75, 3.05) is 11.9 Å². The summed E-state index contributed by atoms with van der Waals surface area (Å²) >= 11 is 6.02. The van der Waals surface area contributed by atoms with E-state index in [1.807, 2.05) is 44.3 Å². The zero-order valence-electron chi connectivity index (χ0n) is 16.6. The number of aromatic amines is 1. The molecular formula is C22H23ClF3N3O. The van der Waals surface area contributed by atoms with Gasteiger partial charge in [0.25, 0.3) is 0 Å². The number of para-hydroxylation sites is 1. The third-order valence-corrected chi connectivity index (χ3v) is 5.24. The minimum absolute atomic E-state index is 0.0814. The van der Waals surface area contributed by atoms with E-state index in [2.05, 4.69) is 15.6 Å². The van der Waals surface area contributed by atoms with Gasteiger partial charge < -0.3 is 15.6 Å². The summed E-state index contributed by atoms with van der Waals surface area (Å²) in [5, 5.41) is 6.92. The van der Waals surface area contributed by atoms with Gasteiger partial charge in [-0.05, 0) is 42.2 Å². The maximum Gasteiger partial charge on any atom is 0.416 e. The van der Waals surface area contributed by atoms with Gasteiger partial charge in [-0.2, -0.15) is 13.2 Å². The van der Waals surface area contributed by atoms with Gasteiger partial charge in [0.1, 0.15) is 6.04 Å². The highest BCUT2D eigenvalue weighted by Crippen LogP contribution is 2.34. The number of rotatable bonds is 7. The van der Waals surface area contributed by atoms with E-state index in [0.29, 0.717) is 13.0 Å². The fraction of sp³-hybridized carbons (Fsp3) is 0.318. The number of H-pyrrole nitrogens is 1. The summed E-state index contributed by atoms with van der Waals surface area (Å²) in [6, 6.07) is 10.3. The molecule has 1 aromatic heterocycles. The molecule has 0 aliphatic rings. The van der Waals surface area contributed by atoms with Gasteiger partial charge in [0.05, 0.1) is 16.3 Å². The Kier molecular flexibility index (Phi) is 6.61. The molecule has 8 heteroatoms. The number of fused-ring (bicyclic) bond motifs is 1. The number of anilines is 1. The van der Waals surface area contributed by atoms with Crippen LogP contribution in [0.15, 0.2) is 48.7 Å². The lowest BCUT2D eigenvalue weighted by molar-refractivity contribution is -0.137. The highest BCUT2D eigenvalue weighted by molar-refractivity contribution is 6.33. The molecule has 160 valence electrons. The molecule has 0 bridgehead atoms. The molecule has 0 saturated carbocycles. The van der Waals surface area contributed by atoms with Crippen LogP contribution >= 0.6 is 11.6 Å².